The Morgan fingerprint density at radius 2 is 1.90 bits per heavy atom. The lowest BCUT2D eigenvalue weighted by Crippen LogP contribution is -2.09. The van der Waals surface area contributed by atoms with Crippen LogP contribution in [-0.4, -0.2) is 16.8 Å². The summed E-state index contributed by atoms with van der Waals surface area (Å²) in [7, 11) is 0. The van der Waals surface area contributed by atoms with Crippen LogP contribution in [0.5, 0.6) is 0 Å². The van der Waals surface area contributed by atoms with Gasteiger partial charge in [0.1, 0.15) is 0 Å². The van der Waals surface area contributed by atoms with Crippen molar-refractivity contribution >= 4 is 22.8 Å². The van der Waals surface area contributed by atoms with Crippen LogP contribution in [0.3, 0.4) is 0 Å². The van der Waals surface area contributed by atoms with Crippen LogP contribution in [0, 0.1) is 0 Å². The van der Waals surface area contributed by atoms with Gasteiger partial charge in [-0.1, -0.05) is 48.4 Å². The van der Waals surface area contributed by atoms with E-state index in [1.807, 2.05) is 0 Å². The molecule has 20 heavy (non-hydrogen) atoms. The zero-order valence-electron chi connectivity index (χ0n) is 12.1. The topological polar surface area (TPSA) is 60.2 Å². The smallest absolute Gasteiger partial charge is 0.217 e. The molecule has 0 aromatic heterocycles. The van der Waals surface area contributed by atoms with Gasteiger partial charge < -0.3 is 5.73 Å². The van der Waals surface area contributed by atoms with Crippen molar-refractivity contribution in [3.05, 3.63) is 23.8 Å². The summed E-state index contributed by atoms with van der Waals surface area (Å²) in [6, 6.07) is 0. The molecule has 1 aliphatic carbocycles. The van der Waals surface area contributed by atoms with Gasteiger partial charge in [-0.05, 0) is 32.1 Å². The summed E-state index contributed by atoms with van der Waals surface area (Å²) in [5, 5.41) is 0.294. The van der Waals surface area contributed by atoms with E-state index in [4.69, 9.17) is 5.73 Å². The van der Waals surface area contributed by atoms with Gasteiger partial charge in [-0.2, -0.15) is 0 Å². The quantitative estimate of drug-likeness (QED) is 0.625. The number of carbonyl (C=O) groups excluding carboxylic acids is 2. The molecule has 0 saturated heterocycles. The predicted octanol–water partition coefficient (Wildman–Crippen LogP) is 3.74. The number of hydrogen-bond donors (Lipinski definition) is 1. The first kappa shape index (κ1) is 17.0. The lowest BCUT2D eigenvalue weighted by molar-refractivity contribution is -0.118. The molecule has 0 fully saturated rings. The second-order valence-electron chi connectivity index (χ2n) is 5.11. The number of carbonyl (C=O) groups is 2. The molecule has 0 bridgehead atoms. The van der Waals surface area contributed by atoms with Crippen molar-refractivity contribution in [1.29, 1.82) is 0 Å². The van der Waals surface area contributed by atoms with E-state index < -0.39 is 0 Å². The Hall–Kier alpha value is -1.03. The van der Waals surface area contributed by atoms with Crippen LogP contribution in [0.25, 0.3) is 0 Å². The number of rotatable bonds is 10. The Morgan fingerprint density at radius 3 is 2.60 bits per heavy atom. The lowest BCUT2D eigenvalue weighted by Gasteiger charge is -2.06. The average molecular weight is 295 g/mol. The third kappa shape index (κ3) is 8.97. The number of amides is 1. The van der Waals surface area contributed by atoms with E-state index in [1.165, 1.54) is 17.3 Å². The maximum Gasteiger partial charge on any atom is 0.217 e. The fourth-order valence-corrected chi connectivity index (χ4v) is 2.94. The number of allylic oxidation sites excluding steroid dienone is 4. The maximum atomic E-state index is 11.7. The summed E-state index contributed by atoms with van der Waals surface area (Å²) in [4.78, 5) is 22.3. The van der Waals surface area contributed by atoms with Crippen LogP contribution in [0.2, 0.25) is 0 Å². The van der Waals surface area contributed by atoms with E-state index in [0.29, 0.717) is 18.0 Å². The van der Waals surface area contributed by atoms with Gasteiger partial charge in [0, 0.05) is 18.6 Å². The fraction of sp³-hybridized carbons (Fsp3) is 0.625. The Bertz CT molecular complexity index is 375. The van der Waals surface area contributed by atoms with Gasteiger partial charge in [-0.25, -0.2) is 0 Å². The number of unbranched alkanes of at least 4 members (excludes halogenated alkanes) is 3. The number of primary amides is 1. The molecule has 0 aliphatic heterocycles. The fourth-order valence-electron chi connectivity index (χ4n) is 2.11. The highest BCUT2D eigenvalue weighted by molar-refractivity contribution is 8.13. The molecule has 0 unspecified atom stereocenters. The zero-order chi connectivity index (χ0) is 14.6. The Balaban J connectivity index is 1.93. The van der Waals surface area contributed by atoms with E-state index in [0.717, 1.165) is 50.7 Å². The number of hydrogen-bond acceptors (Lipinski definition) is 3. The van der Waals surface area contributed by atoms with Crippen LogP contribution < -0.4 is 5.73 Å². The van der Waals surface area contributed by atoms with Gasteiger partial charge in [0.15, 0.2) is 5.12 Å². The minimum Gasteiger partial charge on any atom is -0.370 e. The maximum absolute atomic E-state index is 11.7. The highest BCUT2D eigenvalue weighted by atomic mass is 32.2. The number of nitrogens with two attached hydrogens (primary N) is 1. The van der Waals surface area contributed by atoms with E-state index in [-0.39, 0.29) is 5.91 Å². The molecule has 1 aliphatic rings. The summed E-state index contributed by atoms with van der Waals surface area (Å²) in [6.45, 7) is 0. The van der Waals surface area contributed by atoms with Gasteiger partial charge in [-0.3, -0.25) is 9.59 Å². The molecule has 0 radical (unpaired) electrons. The third-order valence-electron chi connectivity index (χ3n) is 3.27. The zero-order valence-corrected chi connectivity index (χ0v) is 12.9. The van der Waals surface area contributed by atoms with Crippen molar-refractivity contribution in [3.63, 3.8) is 0 Å². The molecule has 0 saturated carbocycles. The molecule has 0 heterocycles. The molecule has 1 amide bonds. The molecular weight excluding hydrogens is 270 g/mol. The average Bonchev–Trinajstić information content (AvgIpc) is 2.45. The van der Waals surface area contributed by atoms with Crippen molar-refractivity contribution in [2.75, 3.05) is 5.75 Å². The summed E-state index contributed by atoms with van der Waals surface area (Å²) in [5.41, 5.74) is 6.37. The first-order valence-electron chi connectivity index (χ1n) is 7.48. The minimum absolute atomic E-state index is 0.222. The molecular formula is C16H25NO2S. The molecule has 112 valence electrons. The molecule has 4 heteroatoms. The van der Waals surface area contributed by atoms with Crippen LogP contribution in [0.4, 0.5) is 0 Å². The number of thioether (sulfide) groups is 1. The predicted molar refractivity (Wildman–Crippen MR) is 85.4 cm³/mol. The van der Waals surface area contributed by atoms with Crippen LogP contribution in [0.15, 0.2) is 23.8 Å². The van der Waals surface area contributed by atoms with Gasteiger partial charge in [0.05, 0.1) is 0 Å². The van der Waals surface area contributed by atoms with E-state index in [1.54, 1.807) is 0 Å². The van der Waals surface area contributed by atoms with Gasteiger partial charge in [0.25, 0.3) is 0 Å². The van der Waals surface area contributed by atoms with Crippen LogP contribution >= 0.6 is 11.8 Å². The second-order valence-corrected chi connectivity index (χ2v) is 6.26. The summed E-state index contributed by atoms with van der Waals surface area (Å²) in [5.74, 6) is 0.671. The second kappa shape index (κ2) is 10.7. The molecule has 0 spiro atoms. The first-order chi connectivity index (χ1) is 9.68. The Kier molecular flexibility index (Phi) is 9.13. The summed E-state index contributed by atoms with van der Waals surface area (Å²) >= 11 is 1.45. The largest absolute Gasteiger partial charge is 0.370 e. The minimum atomic E-state index is -0.222. The van der Waals surface area contributed by atoms with Crippen molar-refractivity contribution in [3.8, 4) is 0 Å². The molecule has 0 aromatic carbocycles. The SMILES string of the molecule is NC(=O)CCCCCCSC(=O)CCC1=CCCC=C1. The lowest BCUT2D eigenvalue weighted by atomic mass is 10.0. The third-order valence-corrected chi connectivity index (χ3v) is 4.29. The first-order valence-corrected chi connectivity index (χ1v) is 8.46. The summed E-state index contributed by atoms with van der Waals surface area (Å²) < 4.78 is 0. The Labute approximate surface area is 126 Å². The van der Waals surface area contributed by atoms with E-state index in [9.17, 15) is 9.59 Å². The van der Waals surface area contributed by atoms with Crippen molar-refractivity contribution in [2.45, 2.75) is 57.8 Å². The molecule has 2 N–H and O–H groups in total. The molecule has 0 atom stereocenters. The summed E-state index contributed by atoms with van der Waals surface area (Å²) in [6.07, 6.45) is 14.8. The molecule has 3 nitrogen and oxygen atoms in total. The van der Waals surface area contributed by atoms with Crippen molar-refractivity contribution in [1.82, 2.24) is 0 Å². The molecule has 0 aromatic rings. The standard InChI is InChI=1S/C16H25NO2S/c17-15(18)10-6-1-2-7-13-20-16(19)12-11-14-8-4-3-5-9-14/h4,8-9H,1-3,5-7,10-13H2,(H2,17,18). The van der Waals surface area contributed by atoms with Gasteiger partial charge in [-0.15, -0.1) is 0 Å². The van der Waals surface area contributed by atoms with Crippen LogP contribution in [0.1, 0.15) is 57.8 Å². The van der Waals surface area contributed by atoms with E-state index in [2.05, 4.69) is 18.2 Å². The Morgan fingerprint density at radius 1 is 1.10 bits per heavy atom. The van der Waals surface area contributed by atoms with Crippen LogP contribution in [-0.2, 0) is 9.59 Å². The van der Waals surface area contributed by atoms with E-state index >= 15 is 0 Å². The molecule has 1 rings (SSSR count). The normalized spacial score (nSPS) is 14.1. The highest BCUT2D eigenvalue weighted by Crippen LogP contribution is 2.18. The van der Waals surface area contributed by atoms with Crippen molar-refractivity contribution in [2.24, 2.45) is 5.73 Å². The monoisotopic (exact) mass is 295 g/mol. The van der Waals surface area contributed by atoms with Gasteiger partial charge in [0.2, 0.25) is 5.91 Å². The van der Waals surface area contributed by atoms with Gasteiger partial charge >= 0.3 is 0 Å². The highest BCUT2D eigenvalue weighted by Gasteiger charge is 2.05. The van der Waals surface area contributed by atoms with Crippen molar-refractivity contribution < 1.29 is 9.59 Å².